The van der Waals surface area contributed by atoms with Crippen LogP contribution >= 0.6 is 0 Å². The molecule has 5 fully saturated rings. The van der Waals surface area contributed by atoms with Crippen molar-refractivity contribution in [2.75, 3.05) is 6.61 Å². The largest absolute Gasteiger partial charge is 0.394 e. The minimum absolute atomic E-state index is 0.0692. The zero-order chi connectivity index (χ0) is 33.5. The highest BCUT2D eigenvalue weighted by atomic mass is 16.7. The first kappa shape index (κ1) is 35.7. The van der Waals surface area contributed by atoms with E-state index in [1.54, 1.807) is 0 Å². The molecule has 9 heteroatoms. The summed E-state index contributed by atoms with van der Waals surface area (Å²) in [6.07, 6.45) is -0.678. The molecule has 2 unspecified atom stereocenters. The van der Waals surface area contributed by atoms with Gasteiger partial charge in [0.1, 0.15) is 24.4 Å². The number of allylic oxidation sites excluding steroid dienone is 2. The van der Waals surface area contributed by atoms with Crippen LogP contribution in [0.2, 0.25) is 0 Å². The lowest BCUT2D eigenvalue weighted by Gasteiger charge is -2.71. The molecule has 1 saturated heterocycles. The Balaban J connectivity index is 1.51. The van der Waals surface area contributed by atoms with Crippen LogP contribution in [0.1, 0.15) is 107 Å². The molecule has 5 aliphatic rings. The maximum atomic E-state index is 12.2. The molecule has 9 nitrogen and oxygen atoms in total. The van der Waals surface area contributed by atoms with Gasteiger partial charge < -0.3 is 45.2 Å². The number of ether oxygens (including phenoxy) is 2. The molecule has 1 heterocycles. The first-order valence-corrected chi connectivity index (χ1v) is 17.4. The monoisotopic (exact) mass is 638 g/mol. The first-order chi connectivity index (χ1) is 20.8. The summed E-state index contributed by atoms with van der Waals surface area (Å²) in [5, 5.41) is 76.9. The lowest BCUT2D eigenvalue weighted by molar-refractivity contribution is -0.336. The molecule has 0 aromatic rings. The van der Waals surface area contributed by atoms with Gasteiger partial charge in [-0.25, -0.2) is 0 Å². The zero-order valence-electron chi connectivity index (χ0n) is 28.8. The molecule has 45 heavy (non-hydrogen) atoms. The molecule has 260 valence electrons. The van der Waals surface area contributed by atoms with E-state index in [1.165, 1.54) is 5.57 Å². The van der Waals surface area contributed by atoms with Crippen LogP contribution in [0.25, 0.3) is 0 Å². The third-order valence-electron chi connectivity index (χ3n) is 14.5. The Morgan fingerprint density at radius 1 is 0.889 bits per heavy atom. The van der Waals surface area contributed by atoms with Gasteiger partial charge in [0.25, 0.3) is 0 Å². The van der Waals surface area contributed by atoms with Crippen LogP contribution in [0.3, 0.4) is 0 Å². The number of aliphatic hydroxyl groups excluding tert-OH is 7. The van der Waals surface area contributed by atoms with Crippen molar-refractivity contribution in [2.45, 2.75) is 161 Å². The van der Waals surface area contributed by atoms with E-state index in [0.717, 1.165) is 19.3 Å². The van der Waals surface area contributed by atoms with Crippen molar-refractivity contribution in [3.05, 3.63) is 11.6 Å². The minimum Gasteiger partial charge on any atom is -0.394 e. The molecule has 0 radical (unpaired) electrons. The lowest BCUT2D eigenvalue weighted by Crippen LogP contribution is -2.70. The van der Waals surface area contributed by atoms with E-state index in [4.69, 9.17) is 9.47 Å². The van der Waals surface area contributed by atoms with Crippen LogP contribution in [0, 0.1) is 45.3 Å². The predicted octanol–water partition coefficient (Wildman–Crippen LogP) is 3.30. The lowest BCUT2D eigenvalue weighted by atomic mass is 9.34. The average Bonchev–Trinajstić information content (AvgIpc) is 3.33. The van der Waals surface area contributed by atoms with Gasteiger partial charge in [-0.05, 0) is 117 Å². The van der Waals surface area contributed by atoms with E-state index in [1.807, 2.05) is 20.8 Å². The summed E-state index contributed by atoms with van der Waals surface area (Å²) >= 11 is 0. The number of hydrogen-bond acceptors (Lipinski definition) is 9. The molecule has 5 rings (SSSR count). The number of rotatable bonds is 7. The number of aliphatic hydroxyl groups is 7. The second kappa shape index (κ2) is 12.1. The first-order valence-electron chi connectivity index (χ1n) is 17.4. The molecule has 7 N–H and O–H groups in total. The summed E-state index contributed by atoms with van der Waals surface area (Å²) in [6, 6.07) is 0. The third-order valence-corrected chi connectivity index (χ3v) is 14.5. The second-order valence-corrected chi connectivity index (χ2v) is 17.4. The normalized spacial score (nSPS) is 52.2. The van der Waals surface area contributed by atoms with Crippen molar-refractivity contribution < 1.29 is 45.2 Å². The fraction of sp³-hybridized carbons (Fsp3) is 0.944. The topological polar surface area (TPSA) is 160 Å². The van der Waals surface area contributed by atoms with Crippen molar-refractivity contribution in [2.24, 2.45) is 45.3 Å². The molecule has 0 aromatic carbocycles. The summed E-state index contributed by atoms with van der Waals surface area (Å²) in [7, 11) is 0. The molecule has 1 aliphatic heterocycles. The Hall–Kier alpha value is -0.620. The second-order valence-electron chi connectivity index (χ2n) is 17.4. The highest BCUT2D eigenvalue weighted by molar-refractivity contribution is 5.21. The van der Waals surface area contributed by atoms with Crippen LogP contribution in [-0.2, 0) is 9.47 Å². The van der Waals surface area contributed by atoms with E-state index in [9.17, 15) is 35.7 Å². The van der Waals surface area contributed by atoms with Gasteiger partial charge in [0.2, 0.25) is 0 Å². The molecule has 0 amide bonds. The van der Waals surface area contributed by atoms with Crippen molar-refractivity contribution in [1.29, 1.82) is 0 Å². The SMILES string of the molecule is CC(C)=CCC[C@](C)(O[C@@H]1O[C@H](CO)[C@@H](O)[C@H](O)[C@H]1O)C1CC[C@]2(C)C1[C@H](O)C[C@@H]1[C@@]3(C)CC[C@H](O)C(C)(C)[C@@H]3[C@@H](O)C[C@]12C. The highest BCUT2D eigenvalue weighted by Crippen LogP contribution is 2.76. The van der Waals surface area contributed by atoms with E-state index >= 15 is 0 Å². The van der Waals surface area contributed by atoms with Gasteiger partial charge in [-0.15, -0.1) is 0 Å². The van der Waals surface area contributed by atoms with E-state index in [2.05, 4.69) is 40.7 Å². The van der Waals surface area contributed by atoms with Gasteiger partial charge in [-0.3, -0.25) is 0 Å². The van der Waals surface area contributed by atoms with Gasteiger partial charge in [-0.1, -0.05) is 46.3 Å². The van der Waals surface area contributed by atoms with E-state index < -0.39 is 66.6 Å². The Labute approximate surface area is 270 Å². The Kier molecular flexibility index (Phi) is 9.56. The van der Waals surface area contributed by atoms with Crippen LogP contribution < -0.4 is 0 Å². The number of fused-ring (bicyclic) bond motifs is 5. The van der Waals surface area contributed by atoms with Crippen LogP contribution in [-0.4, -0.2) is 97.0 Å². The molecule has 4 saturated carbocycles. The average molecular weight is 639 g/mol. The molecule has 0 bridgehead atoms. The van der Waals surface area contributed by atoms with Crippen LogP contribution in [0.15, 0.2) is 11.6 Å². The predicted molar refractivity (Wildman–Crippen MR) is 170 cm³/mol. The molecule has 0 spiro atoms. The van der Waals surface area contributed by atoms with Gasteiger partial charge in [0.15, 0.2) is 6.29 Å². The van der Waals surface area contributed by atoms with Crippen LogP contribution in [0.4, 0.5) is 0 Å². The Morgan fingerprint density at radius 3 is 2.18 bits per heavy atom. The molecular weight excluding hydrogens is 576 g/mol. The van der Waals surface area contributed by atoms with E-state index in [0.29, 0.717) is 32.1 Å². The Bertz CT molecular complexity index is 1110. The fourth-order valence-corrected chi connectivity index (χ4v) is 12.0. The third kappa shape index (κ3) is 5.39. The van der Waals surface area contributed by atoms with Crippen molar-refractivity contribution in [3.63, 3.8) is 0 Å². The summed E-state index contributed by atoms with van der Waals surface area (Å²) in [5.74, 6) is -0.154. The molecule has 0 aromatic heterocycles. The molecule has 4 aliphatic carbocycles. The summed E-state index contributed by atoms with van der Waals surface area (Å²) < 4.78 is 12.6. The fourth-order valence-electron chi connectivity index (χ4n) is 12.0. The molecular formula is C36H62O9. The van der Waals surface area contributed by atoms with Gasteiger partial charge in [-0.2, -0.15) is 0 Å². The molecule has 16 atom stereocenters. The van der Waals surface area contributed by atoms with Crippen molar-refractivity contribution in [1.82, 2.24) is 0 Å². The van der Waals surface area contributed by atoms with Crippen molar-refractivity contribution >= 4 is 0 Å². The standard InChI is InChI=1S/C36H62O9/c1-19(2)10-9-13-36(8,45-31-29(43)28(42)27(41)23(18-37)44-31)20-11-15-34(6)26(20)21(38)16-24-33(5)14-12-25(40)32(3,4)30(33)22(39)17-35(24,34)7/h10,20-31,37-43H,9,11-18H2,1-8H3/t20?,21-,22+,23-,24-,25+,26?,27-,28+,29-,30+,31+,33-,34-,35-,36+/m1/s1. The Morgan fingerprint density at radius 2 is 1.56 bits per heavy atom. The minimum atomic E-state index is -1.53. The maximum Gasteiger partial charge on any atom is 0.187 e. The van der Waals surface area contributed by atoms with Gasteiger partial charge >= 0.3 is 0 Å². The van der Waals surface area contributed by atoms with Crippen LogP contribution in [0.5, 0.6) is 0 Å². The van der Waals surface area contributed by atoms with Gasteiger partial charge in [0.05, 0.1) is 30.5 Å². The summed E-state index contributed by atoms with van der Waals surface area (Å²) in [5.41, 5.74) is -0.944. The summed E-state index contributed by atoms with van der Waals surface area (Å²) in [4.78, 5) is 0. The van der Waals surface area contributed by atoms with Gasteiger partial charge in [0, 0.05) is 0 Å². The highest BCUT2D eigenvalue weighted by Gasteiger charge is 2.73. The smallest absolute Gasteiger partial charge is 0.187 e. The van der Waals surface area contributed by atoms with E-state index in [-0.39, 0.29) is 39.9 Å². The quantitative estimate of drug-likeness (QED) is 0.208. The zero-order valence-corrected chi connectivity index (χ0v) is 28.8. The summed E-state index contributed by atoms with van der Waals surface area (Å²) in [6.45, 7) is 16.7. The maximum absolute atomic E-state index is 12.2. The number of hydrogen-bond donors (Lipinski definition) is 7. The van der Waals surface area contributed by atoms with Crippen molar-refractivity contribution in [3.8, 4) is 0 Å².